The summed E-state index contributed by atoms with van der Waals surface area (Å²) < 4.78 is 1.76. The number of benzene rings is 1. The Morgan fingerprint density at radius 2 is 2.25 bits per heavy atom. The van der Waals surface area contributed by atoms with Crippen LogP contribution in [0.15, 0.2) is 29.2 Å². The van der Waals surface area contributed by atoms with Crippen molar-refractivity contribution in [2.45, 2.75) is 25.9 Å². The van der Waals surface area contributed by atoms with Gasteiger partial charge in [0.2, 0.25) is 0 Å². The Bertz CT molecular complexity index is 963. The number of H-pyrrole nitrogens is 1. The van der Waals surface area contributed by atoms with Crippen LogP contribution in [0.1, 0.15) is 28.9 Å². The van der Waals surface area contributed by atoms with E-state index in [9.17, 15) is 9.59 Å². The van der Waals surface area contributed by atoms with Crippen molar-refractivity contribution in [1.82, 2.24) is 29.9 Å². The first-order chi connectivity index (χ1) is 11.6. The molecular formula is C16H18N6O2. The Morgan fingerprint density at radius 3 is 2.96 bits per heavy atom. The molecule has 124 valence electrons. The fourth-order valence-electron chi connectivity index (χ4n) is 2.79. The minimum Gasteiger partial charge on any atom is -0.346 e. The summed E-state index contributed by atoms with van der Waals surface area (Å²) in [6.07, 6.45) is 3.98. The molecule has 0 bridgehead atoms. The van der Waals surface area contributed by atoms with E-state index in [1.54, 1.807) is 29.9 Å². The molecule has 24 heavy (non-hydrogen) atoms. The molecule has 0 aliphatic heterocycles. The Morgan fingerprint density at radius 1 is 1.42 bits per heavy atom. The van der Waals surface area contributed by atoms with Gasteiger partial charge in [-0.1, -0.05) is 0 Å². The van der Waals surface area contributed by atoms with Gasteiger partial charge in [-0.2, -0.15) is 15.0 Å². The summed E-state index contributed by atoms with van der Waals surface area (Å²) in [7, 11) is 1.72. The van der Waals surface area contributed by atoms with Crippen molar-refractivity contribution in [2.75, 3.05) is 0 Å². The molecule has 2 N–H and O–H groups in total. The molecule has 1 aliphatic carbocycles. The number of rotatable bonds is 5. The molecule has 0 spiro atoms. The van der Waals surface area contributed by atoms with Crippen LogP contribution in [0.4, 0.5) is 0 Å². The van der Waals surface area contributed by atoms with Gasteiger partial charge in [0.15, 0.2) is 0 Å². The number of nitrogens with one attached hydrogen (secondary N) is 2. The van der Waals surface area contributed by atoms with Crippen LogP contribution in [-0.4, -0.2) is 30.5 Å². The van der Waals surface area contributed by atoms with Gasteiger partial charge < -0.3 is 10.3 Å². The van der Waals surface area contributed by atoms with Gasteiger partial charge >= 0.3 is 5.69 Å². The summed E-state index contributed by atoms with van der Waals surface area (Å²) >= 11 is 0. The normalized spacial score (nSPS) is 14.2. The van der Waals surface area contributed by atoms with Gasteiger partial charge in [0, 0.05) is 19.2 Å². The van der Waals surface area contributed by atoms with Gasteiger partial charge in [-0.25, -0.2) is 4.79 Å². The molecule has 1 aliphatic rings. The maximum absolute atomic E-state index is 12.3. The lowest BCUT2D eigenvalue weighted by atomic mass is 10.2. The Balaban J connectivity index is 1.53. The summed E-state index contributed by atoms with van der Waals surface area (Å²) in [6.45, 7) is 1.06. The SMILES string of the molecule is Cn1ncc(CNC(=O)c2ccc3c(c2)[nH]c(=O)n3CC2CC2)n1. The highest BCUT2D eigenvalue weighted by atomic mass is 16.2. The number of fused-ring (bicyclic) bond motifs is 1. The number of carbonyl (C=O) groups is 1. The number of imidazole rings is 1. The predicted molar refractivity (Wildman–Crippen MR) is 87.5 cm³/mol. The maximum atomic E-state index is 12.3. The van der Waals surface area contributed by atoms with Gasteiger partial charge in [0.05, 0.1) is 23.8 Å². The van der Waals surface area contributed by atoms with E-state index >= 15 is 0 Å². The zero-order valence-electron chi connectivity index (χ0n) is 13.3. The maximum Gasteiger partial charge on any atom is 0.326 e. The highest BCUT2D eigenvalue weighted by Crippen LogP contribution is 2.31. The van der Waals surface area contributed by atoms with E-state index in [0.29, 0.717) is 29.2 Å². The molecule has 2 heterocycles. The van der Waals surface area contributed by atoms with E-state index in [0.717, 1.165) is 12.1 Å². The van der Waals surface area contributed by atoms with Crippen molar-refractivity contribution >= 4 is 16.9 Å². The van der Waals surface area contributed by atoms with Crippen molar-refractivity contribution in [2.24, 2.45) is 13.0 Å². The first-order valence-corrected chi connectivity index (χ1v) is 7.96. The largest absolute Gasteiger partial charge is 0.346 e. The Hall–Kier alpha value is -2.90. The van der Waals surface area contributed by atoms with Gasteiger partial charge in [-0.3, -0.25) is 9.36 Å². The van der Waals surface area contributed by atoms with E-state index in [2.05, 4.69) is 20.5 Å². The molecule has 8 heteroatoms. The molecule has 3 aromatic rings. The topological polar surface area (TPSA) is 97.6 Å². The molecule has 0 unspecified atom stereocenters. The Labute approximate surface area is 137 Å². The van der Waals surface area contributed by atoms with Crippen LogP contribution in [0.3, 0.4) is 0 Å². The summed E-state index contributed by atoms with van der Waals surface area (Å²) in [5.74, 6) is 0.398. The van der Waals surface area contributed by atoms with Gasteiger partial charge in [-0.05, 0) is 37.0 Å². The summed E-state index contributed by atoms with van der Waals surface area (Å²) in [5.41, 5.74) is 2.61. The highest BCUT2D eigenvalue weighted by Gasteiger charge is 2.23. The zero-order valence-corrected chi connectivity index (χ0v) is 13.3. The van der Waals surface area contributed by atoms with Gasteiger partial charge in [0.1, 0.15) is 5.69 Å². The lowest BCUT2D eigenvalue weighted by Crippen LogP contribution is -2.23. The number of nitrogens with zero attached hydrogens (tertiary/aromatic N) is 4. The quantitative estimate of drug-likeness (QED) is 0.724. The molecule has 0 saturated heterocycles. The lowest BCUT2D eigenvalue weighted by Gasteiger charge is -2.04. The fraction of sp³-hybridized carbons (Fsp3) is 0.375. The molecule has 0 atom stereocenters. The number of amides is 1. The molecule has 1 saturated carbocycles. The monoisotopic (exact) mass is 326 g/mol. The standard InChI is InChI=1S/C16H18N6O2/c1-21-18-8-12(20-21)7-17-15(23)11-4-5-14-13(6-11)19-16(24)22(14)9-10-2-3-10/h4-6,8,10H,2-3,7,9H2,1H3,(H,17,23)(H,19,24). The third kappa shape index (κ3) is 2.82. The second-order valence-electron chi connectivity index (χ2n) is 6.22. The van der Waals surface area contributed by atoms with Crippen molar-refractivity contribution in [1.29, 1.82) is 0 Å². The van der Waals surface area contributed by atoms with Crippen LogP contribution in [0.2, 0.25) is 0 Å². The summed E-state index contributed by atoms with van der Waals surface area (Å²) in [4.78, 5) is 28.6. The average molecular weight is 326 g/mol. The minimum atomic E-state index is -0.210. The highest BCUT2D eigenvalue weighted by molar-refractivity contribution is 5.97. The average Bonchev–Trinajstić information content (AvgIpc) is 3.21. The molecule has 1 amide bonds. The van der Waals surface area contributed by atoms with E-state index in [1.807, 2.05) is 6.07 Å². The number of hydrogen-bond acceptors (Lipinski definition) is 4. The van der Waals surface area contributed by atoms with Crippen LogP contribution >= 0.6 is 0 Å². The van der Waals surface area contributed by atoms with E-state index < -0.39 is 0 Å². The smallest absolute Gasteiger partial charge is 0.326 e. The summed E-state index contributed by atoms with van der Waals surface area (Å²) in [5, 5.41) is 10.9. The third-order valence-corrected chi connectivity index (χ3v) is 4.25. The van der Waals surface area contributed by atoms with Crippen LogP contribution in [0.5, 0.6) is 0 Å². The fourth-order valence-corrected chi connectivity index (χ4v) is 2.79. The lowest BCUT2D eigenvalue weighted by molar-refractivity contribution is 0.0950. The van der Waals surface area contributed by atoms with Crippen molar-refractivity contribution < 1.29 is 4.79 Å². The van der Waals surface area contributed by atoms with Gasteiger partial charge in [0.25, 0.3) is 5.91 Å². The van der Waals surface area contributed by atoms with Crippen LogP contribution in [-0.2, 0) is 20.1 Å². The molecule has 8 nitrogen and oxygen atoms in total. The number of hydrogen-bond donors (Lipinski definition) is 2. The van der Waals surface area contributed by atoms with Crippen molar-refractivity contribution in [3.63, 3.8) is 0 Å². The van der Waals surface area contributed by atoms with E-state index in [4.69, 9.17) is 0 Å². The first-order valence-electron chi connectivity index (χ1n) is 7.96. The number of aromatic nitrogens is 5. The van der Waals surface area contributed by atoms with Crippen LogP contribution in [0.25, 0.3) is 11.0 Å². The van der Waals surface area contributed by atoms with Crippen molar-refractivity contribution in [3.05, 3.63) is 46.1 Å². The molecule has 4 rings (SSSR count). The molecule has 1 fully saturated rings. The second kappa shape index (κ2) is 5.63. The number of carbonyl (C=O) groups excluding carboxylic acids is 1. The molecule has 2 aromatic heterocycles. The minimum absolute atomic E-state index is 0.117. The van der Waals surface area contributed by atoms with E-state index in [-0.39, 0.29) is 11.6 Å². The van der Waals surface area contributed by atoms with Crippen molar-refractivity contribution in [3.8, 4) is 0 Å². The van der Waals surface area contributed by atoms with E-state index in [1.165, 1.54) is 17.6 Å². The number of aryl methyl sites for hydroxylation is 1. The first kappa shape index (κ1) is 14.7. The van der Waals surface area contributed by atoms with Crippen LogP contribution in [0, 0.1) is 5.92 Å². The zero-order chi connectivity index (χ0) is 16.7. The molecule has 0 radical (unpaired) electrons. The molecular weight excluding hydrogens is 308 g/mol. The Kier molecular flexibility index (Phi) is 3.44. The molecule has 1 aromatic carbocycles. The number of aromatic amines is 1. The summed E-state index contributed by atoms with van der Waals surface area (Å²) in [6, 6.07) is 5.28. The predicted octanol–water partition coefficient (Wildman–Crippen LogP) is 0.798. The third-order valence-electron chi connectivity index (χ3n) is 4.25. The van der Waals surface area contributed by atoms with Crippen LogP contribution < -0.4 is 11.0 Å². The van der Waals surface area contributed by atoms with Gasteiger partial charge in [-0.15, -0.1) is 0 Å². The second-order valence-corrected chi connectivity index (χ2v) is 6.22.